The fourth-order valence-corrected chi connectivity index (χ4v) is 7.44. The second-order valence-electron chi connectivity index (χ2n) is 10.8. The predicted molar refractivity (Wildman–Crippen MR) is 117 cm³/mol. The van der Waals surface area contributed by atoms with Crippen molar-refractivity contribution in [2.75, 3.05) is 13.2 Å². The van der Waals surface area contributed by atoms with Gasteiger partial charge in [0.2, 0.25) is 0 Å². The Bertz CT molecular complexity index is 856. The van der Waals surface area contributed by atoms with Crippen molar-refractivity contribution in [1.82, 2.24) is 0 Å². The second-order valence-corrected chi connectivity index (χ2v) is 10.8. The van der Waals surface area contributed by atoms with Crippen molar-refractivity contribution in [3.05, 3.63) is 24.0 Å². The predicted octanol–water partition coefficient (Wildman–Crippen LogP) is 4.80. The van der Waals surface area contributed by atoms with Crippen LogP contribution in [0.1, 0.15) is 72.6 Å². The van der Waals surface area contributed by atoms with Crippen LogP contribution in [0.25, 0.3) is 0 Å². The Morgan fingerprint density at radius 3 is 2.65 bits per heavy atom. The van der Waals surface area contributed by atoms with Gasteiger partial charge in [-0.25, -0.2) is 0 Å². The lowest BCUT2D eigenvalue weighted by atomic mass is 9.39. The van der Waals surface area contributed by atoms with Gasteiger partial charge in [0.15, 0.2) is 5.78 Å². The van der Waals surface area contributed by atoms with Crippen molar-refractivity contribution in [1.29, 1.82) is 0 Å². The van der Waals surface area contributed by atoms with Gasteiger partial charge in [0.25, 0.3) is 0 Å². The van der Waals surface area contributed by atoms with Crippen LogP contribution < -0.4 is 0 Å². The Balaban J connectivity index is 1.81. The first-order valence-corrected chi connectivity index (χ1v) is 11.9. The van der Waals surface area contributed by atoms with E-state index in [1.54, 1.807) is 6.92 Å². The summed E-state index contributed by atoms with van der Waals surface area (Å²) in [5, 5.41) is 0. The van der Waals surface area contributed by atoms with E-state index in [4.69, 9.17) is 9.47 Å². The molecule has 0 saturated heterocycles. The third-order valence-corrected chi connectivity index (χ3v) is 8.94. The first kappa shape index (κ1) is 22.3. The third kappa shape index (κ3) is 3.22. The highest BCUT2D eigenvalue weighted by atomic mass is 16.5. The molecule has 1 spiro atoms. The number of Topliss-reactive ketones (excluding diaryl/α,β-unsaturated/α-hetero) is 2. The number of carbonyl (C=O) groups excluding carboxylic acids is 3. The van der Waals surface area contributed by atoms with Gasteiger partial charge < -0.3 is 9.47 Å². The zero-order chi connectivity index (χ0) is 22.6. The van der Waals surface area contributed by atoms with Crippen LogP contribution >= 0.6 is 0 Å². The lowest BCUT2D eigenvalue weighted by molar-refractivity contribution is -0.195. The summed E-state index contributed by atoms with van der Waals surface area (Å²) in [5.41, 5.74) is -1.06. The molecular weight excluding hydrogens is 392 g/mol. The minimum absolute atomic E-state index is 0.0234. The quantitative estimate of drug-likeness (QED) is 0.366. The Kier molecular flexibility index (Phi) is 5.46. The molecular formula is C26H36O5. The van der Waals surface area contributed by atoms with Crippen LogP contribution in [0.15, 0.2) is 24.0 Å². The minimum Gasteiger partial charge on any atom is -0.498 e. The zero-order valence-electron chi connectivity index (χ0n) is 19.4. The van der Waals surface area contributed by atoms with Crippen LogP contribution in [0.3, 0.4) is 0 Å². The second kappa shape index (κ2) is 7.60. The van der Waals surface area contributed by atoms with E-state index in [-0.39, 0.29) is 46.1 Å². The maximum Gasteiger partial charge on any atom is 0.305 e. The average molecular weight is 429 g/mol. The normalized spacial score (nSPS) is 42.0. The van der Waals surface area contributed by atoms with Gasteiger partial charge in [0, 0.05) is 30.1 Å². The third-order valence-electron chi connectivity index (χ3n) is 8.94. The van der Waals surface area contributed by atoms with Crippen LogP contribution in [-0.2, 0) is 23.9 Å². The molecule has 3 aliphatic carbocycles. The SMILES string of the molecule is C=C1CCC2[C@](C)(C(=O)CC3[C@](C)(COC(=O)CC)CC4C=C(CC)OC[C@@]32C4)C1=O. The van der Waals surface area contributed by atoms with Crippen molar-refractivity contribution >= 4 is 17.5 Å². The van der Waals surface area contributed by atoms with Crippen molar-refractivity contribution in [3.63, 3.8) is 0 Å². The molecule has 0 aromatic rings. The van der Waals surface area contributed by atoms with Gasteiger partial charge in [0.05, 0.1) is 24.4 Å². The van der Waals surface area contributed by atoms with E-state index < -0.39 is 5.41 Å². The number of fused-ring (bicyclic) bond motifs is 2. The summed E-state index contributed by atoms with van der Waals surface area (Å²) in [4.78, 5) is 38.9. The van der Waals surface area contributed by atoms with Gasteiger partial charge in [0.1, 0.15) is 5.78 Å². The Hall–Kier alpha value is -1.91. The van der Waals surface area contributed by atoms with Gasteiger partial charge in [-0.2, -0.15) is 0 Å². The van der Waals surface area contributed by atoms with Gasteiger partial charge in [-0.1, -0.05) is 27.4 Å². The van der Waals surface area contributed by atoms with E-state index in [9.17, 15) is 14.4 Å². The number of hydrogen-bond donors (Lipinski definition) is 0. The first-order chi connectivity index (χ1) is 14.6. The smallest absolute Gasteiger partial charge is 0.305 e. The number of ether oxygens (including phenoxy) is 2. The summed E-state index contributed by atoms with van der Waals surface area (Å²) >= 11 is 0. The monoisotopic (exact) mass is 428 g/mol. The molecule has 0 amide bonds. The molecule has 3 unspecified atom stereocenters. The number of allylic oxidation sites excluding steroid dienone is 3. The molecule has 0 aromatic carbocycles. The molecule has 4 aliphatic rings. The van der Waals surface area contributed by atoms with Gasteiger partial charge >= 0.3 is 5.97 Å². The van der Waals surface area contributed by atoms with Gasteiger partial charge in [-0.05, 0) is 62.0 Å². The van der Waals surface area contributed by atoms with E-state index >= 15 is 0 Å². The summed E-state index contributed by atoms with van der Waals surface area (Å²) in [6, 6.07) is 0. The number of rotatable bonds is 4. The molecule has 2 bridgehead atoms. The number of hydrogen-bond acceptors (Lipinski definition) is 5. The number of carbonyl (C=O) groups is 3. The molecule has 0 N–H and O–H groups in total. The Morgan fingerprint density at radius 2 is 1.97 bits per heavy atom. The van der Waals surface area contributed by atoms with E-state index in [0.29, 0.717) is 38.0 Å². The molecule has 1 heterocycles. The minimum atomic E-state index is -1.02. The van der Waals surface area contributed by atoms with E-state index in [1.807, 2.05) is 6.92 Å². The summed E-state index contributed by atoms with van der Waals surface area (Å²) in [6.45, 7) is 12.7. The summed E-state index contributed by atoms with van der Waals surface area (Å²) in [6.07, 6.45) is 6.97. The lowest BCUT2D eigenvalue weighted by Gasteiger charge is -2.64. The largest absolute Gasteiger partial charge is 0.498 e. The van der Waals surface area contributed by atoms with Crippen molar-refractivity contribution in [2.45, 2.75) is 72.6 Å². The highest BCUT2D eigenvalue weighted by Crippen LogP contribution is 2.68. The molecule has 4 rings (SSSR count). The Labute approximate surface area is 185 Å². The number of ketones is 2. The van der Waals surface area contributed by atoms with Crippen LogP contribution in [0, 0.1) is 34.0 Å². The molecule has 0 radical (unpaired) electrons. The van der Waals surface area contributed by atoms with E-state index in [0.717, 1.165) is 31.4 Å². The first-order valence-electron chi connectivity index (χ1n) is 11.9. The van der Waals surface area contributed by atoms with Crippen molar-refractivity contribution in [3.8, 4) is 0 Å². The van der Waals surface area contributed by atoms with Crippen LogP contribution in [0.2, 0.25) is 0 Å². The highest BCUT2D eigenvalue weighted by Gasteiger charge is 2.69. The average Bonchev–Trinajstić information content (AvgIpc) is 2.89. The molecule has 31 heavy (non-hydrogen) atoms. The van der Waals surface area contributed by atoms with Crippen LogP contribution in [-0.4, -0.2) is 30.7 Å². The molecule has 6 atom stereocenters. The molecule has 0 aromatic heterocycles. The molecule has 3 fully saturated rings. The molecule has 5 nitrogen and oxygen atoms in total. The van der Waals surface area contributed by atoms with Crippen molar-refractivity contribution in [2.24, 2.45) is 34.0 Å². The maximum atomic E-state index is 13.6. The summed E-state index contributed by atoms with van der Waals surface area (Å²) in [7, 11) is 0. The molecule has 3 saturated carbocycles. The topological polar surface area (TPSA) is 69.7 Å². The summed E-state index contributed by atoms with van der Waals surface area (Å²) in [5.74, 6) is 0.987. The zero-order valence-corrected chi connectivity index (χ0v) is 19.4. The fourth-order valence-electron chi connectivity index (χ4n) is 7.44. The van der Waals surface area contributed by atoms with Crippen molar-refractivity contribution < 1.29 is 23.9 Å². The standard InChI is InChI=1S/C26H36O5/c1-6-18-10-17-12-24(4,14-31-22(28)7-2)20-11-21(27)25(5)19(9-8-16(3)23(25)29)26(20,13-17)15-30-18/h10,17,19-20H,3,6-9,11-15H2,1-2,4-5H3/t17?,19?,20?,24-,25+,26+/m0/s1. The summed E-state index contributed by atoms with van der Waals surface area (Å²) < 4.78 is 12.0. The van der Waals surface area contributed by atoms with Gasteiger partial charge in [-0.15, -0.1) is 0 Å². The number of esters is 1. The fraction of sp³-hybridized carbons (Fsp3) is 0.731. The maximum absolute atomic E-state index is 13.6. The van der Waals surface area contributed by atoms with E-state index in [1.165, 1.54) is 0 Å². The Morgan fingerprint density at radius 1 is 1.23 bits per heavy atom. The highest BCUT2D eigenvalue weighted by molar-refractivity contribution is 6.15. The molecule has 1 aliphatic heterocycles. The molecule has 170 valence electrons. The molecule has 5 heteroatoms. The lowest BCUT2D eigenvalue weighted by Crippen LogP contribution is -2.66. The van der Waals surface area contributed by atoms with E-state index in [2.05, 4.69) is 26.5 Å². The van der Waals surface area contributed by atoms with Crippen LogP contribution in [0.4, 0.5) is 0 Å². The van der Waals surface area contributed by atoms with Crippen LogP contribution in [0.5, 0.6) is 0 Å². The van der Waals surface area contributed by atoms with Gasteiger partial charge in [-0.3, -0.25) is 14.4 Å².